The smallest absolute Gasteiger partial charge is 0.338 e. The number of fused-ring (bicyclic) bond motifs is 4. The lowest BCUT2D eigenvalue weighted by molar-refractivity contribution is -0.131. The molecule has 0 bridgehead atoms. The molecule has 0 N–H and O–H groups in total. The van der Waals surface area contributed by atoms with Crippen LogP contribution >= 0.6 is 23.2 Å². The van der Waals surface area contributed by atoms with Crippen LogP contribution in [0.4, 0.5) is 0 Å². The Morgan fingerprint density at radius 1 is 0.593 bits per heavy atom. The van der Waals surface area contributed by atoms with Gasteiger partial charge in [-0.2, -0.15) is 0 Å². The Hall–Kier alpha value is -3.62. The lowest BCUT2D eigenvalue weighted by Crippen LogP contribution is -2.27. The van der Waals surface area contributed by atoms with Gasteiger partial charge < -0.3 is 28.4 Å². The van der Waals surface area contributed by atoms with Gasteiger partial charge in [-0.1, -0.05) is 78.6 Å². The van der Waals surface area contributed by atoms with Crippen molar-refractivity contribution in [3.63, 3.8) is 0 Å². The molecular formula is C44H58Cl2O8. The number of benzene rings is 3. The summed E-state index contributed by atoms with van der Waals surface area (Å²) in [5, 5.41) is 0.159. The zero-order valence-corrected chi connectivity index (χ0v) is 35.3. The third-order valence-corrected chi connectivity index (χ3v) is 10.3. The van der Waals surface area contributed by atoms with Gasteiger partial charge >= 0.3 is 11.9 Å². The molecule has 5 rings (SSSR count). The molecule has 2 aliphatic rings. The summed E-state index contributed by atoms with van der Waals surface area (Å²) in [5.41, 5.74) is 5.69. The number of halogens is 2. The fraction of sp³-hybridized carbons (Fsp3) is 0.545. The van der Waals surface area contributed by atoms with Crippen LogP contribution in [0.25, 0.3) is 0 Å². The Kier molecular flexibility index (Phi) is 14.6. The van der Waals surface area contributed by atoms with E-state index >= 15 is 0 Å². The average Bonchev–Trinajstić information content (AvgIpc) is 3.47. The van der Waals surface area contributed by atoms with E-state index in [1.54, 1.807) is 6.92 Å². The first-order chi connectivity index (χ1) is 25.6. The van der Waals surface area contributed by atoms with Crippen LogP contribution in [0.1, 0.15) is 140 Å². The van der Waals surface area contributed by atoms with E-state index in [2.05, 4.69) is 79.7 Å². The molecule has 3 aromatic carbocycles. The Bertz CT molecular complexity index is 1690. The topological polar surface area (TPSA) is 89.5 Å². The summed E-state index contributed by atoms with van der Waals surface area (Å²) in [6, 6.07) is 11.9. The molecule has 0 radical (unpaired) electrons. The number of rotatable bonds is 15. The van der Waals surface area contributed by atoms with E-state index in [0.29, 0.717) is 26.4 Å². The van der Waals surface area contributed by atoms with E-state index in [1.807, 2.05) is 0 Å². The molecule has 0 fully saturated rings. The monoisotopic (exact) mass is 784 g/mol. The van der Waals surface area contributed by atoms with Crippen LogP contribution in [-0.2, 0) is 25.8 Å². The molecule has 0 amide bonds. The standard InChI is InChI=1S/C33H48O4.C11H10Cl2O4/c1-9-13-34-27-17-23-25(19-29(27)36-15-11-3)33(21-31(23,5)6)22-32(7,8)24-18-28(35-14-10-2)30(20-26(24)33)37-16-12-4;1-3-16-11(15)7-4-8(12)10(9(13)5-7)17-6(2)14/h17-20H,9-16,21-22H2,1-8H3;4-5H,3H2,1-2H3. The van der Waals surface area contributed by atoms with Crippen molar-refractivity contribution in [3.8, 4) is 28.7 Å². The third kappa shape index (κ3) is 9.42. The first kappa shape index (κ1) is 43.1. The first-order valence-electron chi connectivity index (χ1n) is 19.3. The Balaban J connectivity index is 0.000000321. The highest BCUT2D eigenvalue weighted by molar-refractivity contribution is 6.37. The van der Waals surface area contributed by atoms with E-state index in [1.165, 1.54) is 41.3 Å². The number of carbonyl (C=O) groups excluding carboxylic acids is 2. The highest BCUT2D eigenvalue weighted by Gasteiger charge is 2.57. The highest BCUT2D eigenvalue weighted by atomic mass is 35.5. The number of hydrogen-bond acceptors (Lipinski definition) is 8. The Labute approximate surface area is 332 Å². The van der Waals surface area contributed by atoms with Crippen molar-refractivity contribution in [2.75, 3.05) is 33.0 Å². The van der Waals surface area contributed by atoms with Gasteiger partial charge in [-0.25, -0.2) is 4.79 Å². The van der Waals surface area contributed by atoms with Crippen LogP contribution in [0.5, 0.6) is 28.7 Å². The van der Waals surface area contributed by atoms with Gasteiger partial charge in [-0.05, 0) is 115 Å². The van der Waals surface area contributed by atoms with Gasteiger partial charge in [-0.3, -0.25) is 4.79 Å². The van der Waals surface area contributed by atoms with Crippen LogP contribution in [0.2, 0.25) is 10.0 Å². The highest BCUT2D eigenvalue weighted by Crippen LogP contribution is 2.65. The number of ether oxygens (including phenoxy) is 6. The van der Waals surface area contributed by atoms with Crippen LogP contribution in [-0.4, -0.2) is 45.0 Å². The summed E-state index contributed by atoms with van der Waals surface area (Å²) in [6.45, 7) is 24.1. The van der Waals surface area contributed by atoms with Crippen LogP contribution in [0.3, 0.4) is 0 Å². The van der Waals surface area contributed by atoms with E-state index in [0.717, 1.165) is 61.5 Å². The molecule has 3 aromatic rings. The molecule has 0 aliphatic heterocycles. The van der Waals surface area contributed by atoms with Crippen molar-refractivity contribution >= 4 is 35.1 Å². The summed E-state index contributed by atoms with van der Waals surface area (Å²) < 4.78 is 34.6. The summed E-state index contributed by atoms with van der Waals surface area (Å²) >= 11 is 11.7. The van der Waals surface area contributed by atoms with Crippen molar-refractivity contribution in [2.24, 2.45) is 0 Å². The molecule has 0 aromatic heterocycles. The van der Waals surface area contributed by atoms with Crippen molar-refractivity contribution in [2.45, 2.75) is 124 Å². The zero-order chi connectivity index (χ0) is 39.8. The first-order valence-corrected chi connectivity index (χ1v) is 20.1. The second-order valence-electron chi connectivity index (χ2n) is 15.4. The molecule has 0 saturated carbocycles. The molecule has 0 heterocycles. The second-order valence-corrected chi connectivity index (χ2v) is 16.2. The minimum absolute atomic E-state index is 0.0163. The van der Waals surface area contributed by atoms with E-state index in [4.69, 9.17) is 51.6 Å². The summed E-state index contributed by atoms with van der Waals surface area (Å²) in [7, 11) is 0. The molecule has 0 unspecified atom stereocenters. The molecule has 296 valence electrons. The second kappa shape index (κ2) is 18.3. The Morgan fingerprint density at radius 2 is 0.944 bits per heavy atom. The summed E-state index contributed by atoms with van der Waals surface area (Å²) in [5.74, 6) is 2.47. The largest absolute Gasteiger partial charge is 0.490 e. The van der Waals surface area contributed by atoms with Crippen LogP contribution in [0, 0.1) is 0 Å². The van der Waals surface area contributed by atoms with Crippen molar-refractivity contribution < 1.29 is 38.0 Å². The molecule has 1 spiro atoms. The van der Waals surface area contributed by atoms with Gasteiger partial charge in [-0.15, -0.1) is 0 Å². The predicted molar refractivity (Wildman–Crippen MR) is 216 cm³/mol. The fourth-order valence-electron chi connectivity index (χ4n) is 7.75. The molecule has 0 atom stereocenters. The maximum Gasteiger partial charge on any atom is 0.338 e. The van der Waals surface area contributed by atoms with Gasteiger partial charge in [0.1, 0.15) is 0 Å². The molecule has 0 saturated heterocycles. The minimum atomic E-state index is -0.544. The van der Waals surface area contributed by atoms with E-state index < -0.39 is 11.9 Å². The van der Waals surface area contributed by atoms with Crippen LogP contribution in [0.15, 0.2) is 36.4 Å². The lowest BCUT2D eigenvalue weighted by atomic mass is 9.72. The zero-order valence-electron chi connectivity index (χ0n) is 33.8. The minimum Gasteiger partial charge on any atom is -0.490 e. The Morgan fingerprint density at radius 3 is 1.26 bits per heavy atom. The number of hydrogen-bond donors (Lipinski definition) is 0. The normalized spacial score (nSPS) is 15.4. The molecule has 2 aliphatic carbocycles. The molecular weight excluding hydrogens is 727 g/mol. The predicted octanol–water partition coefficient (Wildman–Crippen LogP) is 11.6. The fourth-order valence-corrected chi connectivity index (χ4v) is 8.32. The maximum absolute atomic E-state index is 11.4. The molecule has 10 heteroatoms. The summed E-state index contributed by atoms with van der Waals surface area (Å²) in [6.07, 6.45) is 5.99. The van der Waals surface area contributed by atoms with Crippen molar-refractivity contribution in [3.05, 3.63) is 74.3 Å². The number of esters is 2. The quantitative estimate of drug-likeness (QED) is 0.111. The van der Waals surface area contributed by atoms with E-state index in [9.17, 15) is 9.59 Å². The van der Waals surface area contributed by atoms with Gasteiger partial charge in [0.15, 0.2) is 28.7 Å². The van der Waals surface area contributed by atoms with Gasteiger partial charge in [0.25, 0.3) is 0 Å². The van der Waals surface area contributed by atoms with Gasteiger partial charge in [0.05, 0.1) is 48.6 Å². The molecule has 8 nitrogen and oxygen atoms in total. The number of carbonyl (C=O) groups is 2. The third-order valence-electron chi connectivity index (χ3n) is 9.75. The average molecular weight is 786 g/mol. The maximum atomic E-state index is 11.4. The van der Waals surface area contributed by atoms with Crippen LogP contribution < -0.4 is 23.7 Å². The lowest BCUT2D eigenvalue weighted by Gasteiger charge is -2.31. The van der Waals surface area contributed by atoms with Crippen molar-refractivity contribution in [1.82, 2.24) is 0 Å². The SMILES string of the molecule is CCCOc1cc2c(cc1OCCC)C1(CC2(C)C)CC(C)(C)c2cc(OCCC)c(OCCC)cc21.CCOC(=O)c1cc(Cl)c(OC(C)=O)c(Cl)c1. The molecule has 54 heavy (non-hydrogen) atoms. The van der Waals surface area contributed by atoms with Crippen molar-refractivity contribution in [1.29, 1.82) is 0 Å². The summed E-state index contributed by atoms with van der Waals surface area (Å²) in [4.78, 5) is 22.2. The van der Waals surface area contributed by atoms with Gasteiger partial charge in [0.2, 0.25) is 0 Å². The van der Waals surface area contributed by atoms with Gasteiger partial charge in [0, 0.05) is 12.3 Å². The van der Waals surface area contributed by atoms with E-state index in [-0.39, 0.29) is 44.2 Å².